The van der Waals surface area contributed by atoms with Crippen molar-refractivity contribution in [1.82, 2.24) is 0 Å². The van der Waals surface area contributed by atoms with E-state index in [1.807, 2.05) is 6.07 Å². The molecule has 0 unspecified atom stereocenters. The van der Waals surface area contributed by atoms with E-state index in [1.165, 1.54) is 33.0 Å². The number of hydrogen-bond acceptors (Lipinski definition) is 2. The first-order chi connectivity index (χ1) is 24.6. The molecule has 0 saturated heterocycles. The number of para-hydroxylation sites is 2. The molecule has 0 aliphatic heterocycles. The molecule has 1 heterocycles. The number of aryl methyl sites for hydroxylation is 2. The molecular formula is C48H35NO. The fourth-order valence-corrected chi connectivity index (χ4v) is 7.25. The van der Waals surface area contributed by atoms with Crippen LogP contribution in [0, 0.1) is 13.8 Å². The van der Waals surface area contributed by atoms with Crippen molar-refractivity contribution >= 4 is 49.8 Å². The third-order valence-corrected chi connectivity index (χ3v) is 9.84. The number of hydrogen-bond donors (Lipinski definition) is 0. The van der Waals surface area contributed by atoms with Crippen LogP contribution in [-0.2, 0) is 0 Å². The monoisotopic (exact) mass is 641 g/mol. The summed E-state index contributed by atoms with van der Waals surface area (Å²) in [5.41, 5.74) is 14.5. The summed E-state index contributed by atoms with van der Waals surface area (Å²) in [5, 5.41) is 4.76. The maximum atomic E-state index is 6.63. The van der Waals surface area contributed by atoms with Gasteiger partial charge in [0.15, 0.2) is 0 Å². The molecule has 0 bridgehead atoms. The topological polar surface area (TPSA) is 16.4 Å². The lowest BCUT2D eigenvalue weighted by molar-refractivity contribution is 0.670. The van der Waals surface area contributed by atoms with Gasteiger partial charge in [0, 0.05) is 33.4 Å². The average molecular weight is 642 g/mol. The Morgan fingerprint density at radius 2 is 0.920 bits per heavy atom. The molecule has 238 valence electrons. The highest BCUT2D eigenvalue weighted by Crippen LogP contribution is 2.44. The Morgan fingerprint density at radius 1 is 0.380 bits per heavy atom. The lowest BCUT2D eigenvalue weighted by Crippen LogP contribution is -2.10. The molecule has 1 aromatic heterocycles. The van der Waals surface area contributed by atoms with Crippen molar-refractivity contribution in [3.63, 3.8) is 0 Å². The zero-order chi connectivity index (χ0) is 33.6. The Bertz CT molecular complexity index is 2600. The fourth-order valence-electron chi connectivity index (χ4n) is 7.25. The third kappa shape index (κ3) is 5.23. The van der Waals surface area contributed by atoms with E-state index in [0.717, 1.165) is 61.3 Å². The second kappa shape index (κ2) is 12.3. The van der Waals surface area contributed by atoms with Gasteiger partial charge in [0.2, 0.25) is 0 Å². The van der Waals surface area contributed by atoms with Crippen molar-refractivity contribution in [2.75, 3.05) is 4.90 Å². The molecule has 0 aliphatic rings. The zero-order valence-corrected chi connectivity index (χ0v) is 28.1. The molecular weight excluding hydrogens is 607 g/mol. The van der Waals surface area contributed by atoms with Crippen molar-refractivity contribution < 1.29 is 4.42 Å². The first kappa shape index (κ1) is 29.7. The van der Waals surface area contributed by atoms with Crippen LogP contribution in [0.15, 0.2) is 180 Å². The summed E-state index contributed by atoms with van der Waals surface area (Å²) in [6, 6.07) is 63.3. The summed E-state index contributed by atoms with van der Waals surface area (Å²) in [7, 11) is 0. The number of rotatable bonds is 6. The minimum Gasteiger partial charge on any atom is -0.455 e. The number of fused-ring (bicyclic) bond motifs is 4. The molecule has 0 saturated carbocycles. The summed E-state index contributed by atoms with van der Waals surface area (Å²) in [4.78, 5) is 2.34. The average Bonchev–Trinajstić information content (AvgIpc) is 3.55. The summed E-state index contributed by atoms with van der Waals surface area (Å²) >= 11 is 0. The molecule has 9 aromatic rings. The third-order valence-electron chi connectivity index (χ3n) is 9.84. The van der Waals surface area contributed by atoms with E-state index in [4.69, 9.17) is 4.42 Å². The number of anilines is 3. The number of nitrogens with zero attached hydrogens (tertiary/aromatic N) is 1. The first-order valence-electron chi connectivity index (χ1n) is 17.2. The second-order valence-electron chi connectivity index (χ2n) is 13.1. The smallest absolute Gasteiger partial charge is 0.143 e. The molecule has 2 heteroatoms. The van der Waals surface area contributed by atoms with E-state index >= 15 is 0 Å². The maximum absolute atomic E-state index is 6.63. The molecule has 50 heavy (non-hydrogen) atoms. The lowest BCUT2D eigenvalue weighted by atomic mass is 9.91. The van der Waals surface area contributed by atoms with Crippen LogP contribution in [0.4, 0.5) is 17.1 Å². The highest BCUT2D eigenvalue weighted by atomic mass is 16.3. The first-order valence-corrected chi connectivity index (χ1v) is 17.2. The van der Waals surface area contributed by atoms with Gasteiger partial charge in [0.1, 0.15) is 11.2 Å². The predicted molar refractivity (Wildman–Crippen MR) is 212 cm³/mol. The molecule has 0 aliphatic carbocycles. The maximum Gasteiger partial charge on any atom is 0.143 e. The van der Waals surface area contributed by atoms with Crippen molar-refractivity contribution in [1.29, 1.82) is 0 Å². The normalized spacial score (nSPS) is 11.4. The Hall–Kier alpha value is -6.38. The Morgan fingerprint density at radius 3 is 1.64 bits per heavy atom. The van der Waals surface area contributed by atoms with Crippen LogP contribution < -0.4 is 4.90 Å². The summed E-state index contributed by atoms with van der Waals surface area (Å²) in [5.74, 6) is 0. The van der Waals surface area contributed by atoms with Gasteiger partial charge >= 0.3 is 0 Å². The SMILES string of the molecule is Cc1ccc(N(c2ccc(C)cc2)c2ccc(-c3ccc(-c4cccc5ccccc45)cc3)c(-c3cccc4c3oc3ccccc34)c2)cc1. The standard InChI is InChI=1S/C48H35NO/c1-32-17-25-37(26-18-32)49(38-27-19-33(2)20-28-38)39-29-30-42(36-23-21-35(22-24-36)41-13-7-10-34-9-3-4-11-40(34)41)46(31-39)45-15-8-14-44-43-12-5-6-16-47(43)50-48(44)45/h3-31H,1-2H3. The van der Waals surface area contributed by atoms with Gasteiger partial charge in [-0.15, -0.1) is 0 Å². The van der Waals surface area contributed by atoms with Crippen molar-refractivity contribution in [2.45, 2.75) is 13.8 Å². The van der Waals surface area contributed by atoms with Gasteiger partial charge in [0.05, 0.1) is 0 Å². The summed E-state index contributed by atoms with van der Waals surface area (Å²) in [6.45, 7) is 4.26. The van der Waals surface area contributed by atoms with E-state index in [2.05, 4.69) is 189 Å². The van der Waals surface area contributed by atoms with E-state index in [0.29, 0.717) is 0 Å². The van der Waals surface area contributed by atoms with Crippen LogP contribution in [0.3, 0.4) is 0 Å². The van der Waals surface area contributed by atoms with Crippen molar-refractivity contribution in [3.8, 4) is 33.4 Å². The van der Waals surface area contributed by atoms with Crippen molar-refractivity contribution in [3.05, 3.63) is 187 Å². The highest BCUT2D eigenvalue weighted by molar-refractivity contribution is 6.11. The molecule has 2 nitrogen and oxygen atoms in total. The van der Waals surface area contributed by atoms with Gasteiger partial charge in [-0.05, 0) is 94.9 Å². The van der Waals surface area contributed by atoms with Crippen LogP contribution in [0.25, 0.3) is 66.1 Å². The molecule has 0 atom stereocenters. The van der Waals surface area contributed by atoms with Crippen LogP contribution in [0.5, 0.6) is 0 Å². The minimum atomic E-state index is 0.896. The van der Waals surface area contributed by atoms with Gasteiger partial charge < -0.3 is 9.32 Å². The summed E-state index contributed by atoms with van der Waals surface area (Å²) in [6.07, 6.45) is 0. The van der Waals surface area contributed by atoms with E-state index < -0.39 is 0 Å². The highest BCUT2D eigenvalue weighted by Gasteiger charge is 2.20. The van der Waals surface area contributed by atoms with Crippen LogP contribution in [0.2, 0.25) is 0 Å². The van der Waals surface area contributed by atoms with Crippen LogP contribution in [0.1, 0.15) is 11.1 Å². The van der Waals surface area contributed by atoms with Gasteiger partial charge in [-0.1, -0.05) is 145 Å². The molecule has 0 amide bonds. The van der Waals surface area contributed by atoms with Crippen molar-refractivity contribution in [2.24, 2.45) is 0 Å². The lowest BCUT2D eigenvalue weighted by Gasteiger charge is -2.27. The van der Waals surface area contributed by atoms with E-state index in [1.54, 1.807) is 0 Å². The quantitative estimate of drug-likeness (QED) is 0.180. The van der Waals surface area contributed by atoms with E-state index in [-0.39, 0.29) is 0 Å². The zero-order valence-electron chi connectivity index (χ0n) is 28.1. The molecule has 0 radical (unpaired) electrons. The molecule has 8 aromatic carbocycles. The van der Waals surface area contributed by atoms with Gasteiger partial charge in [-0.25, -0.2) is 0 Å². The van der Waals surface area contributed by atoms with Crippen LogP contribution in [-0.4, -0.2) is 0 Å². The second-order valence-corrected chi connectivity index (χ2v) is 13.1. The fraction of sp³-hybridized carbons (Fsp3) is 0.0417. The van der Waals surface area contributed by atoms with Gasteiger partial charge in [0.25, 0.3) is 0 Å². The van der Waals surface area contributed by atoms with Gasteiger partial charge in [-0.2, -0.15) is 0 Å². The molecule has 0 spiro atoms. The number of benzene rings is 8. The Labute approximate surface area is 292 Å². The van der Waals surface area contributed by atoms with Crippen LogP contribution >= 0.6 is 0 Å². The summed E-state index contributed by atoms with van der Waals surface area (Å²) < 4.78 is 6.63. The number of furan rings is 1. The molecule has 0 N–H and O–H groups in total. The predicted octanol–water partition coefficient (Wildman–Crippen LogP) is 13.8. The molecule has 0 fully saturated rings. The molecule has 9 rings (SSSR count). The minimum absolute atomic E-state index is 0.896. The van der Waals surface area contributed by atoms with E-state index in [9.17, 15) is 0 Å². The largest absolute Gasteiger partial charge is 0.455 e. The van der Waals surface area contributed by atoms with Gasteiger partial charge in [-0.3, -0.25) is 0 Å². The Kier molecular flexibility index (Phi) is 7.29. The Balaban J connectivity index is 1.25.